The van der Waals surface area contributed by atoms with Gasteiger partial charge in [-0.2, -0.15) is 0 Å². The van der Waals surface area contributed by atoms with Crippen LogP contribution in [0.5, 0.6) is 0 Å². The lowest BCUT2D eigenvalue weighted by atomic mass is 10.5. The monoisotopic (exact) mass is 309 g/mol. The van der Waals surface area contributed by atoms with Gasteiger partial charge in [0.2, 0.25) is 0 Å². The van der Waals surface area contributed by atoms with Crippen LogP contribution < -0.4 is 0 Å². The van der Waals surface area contributed by atoms with E-state index in [-0.39, 0.29) is 7.13 Å². The van der Waals surface area contributed by atoms with Crippen LogP contribution in [-0.2, 0) is 0 Å². The molecule has 0 spiro atoms. The molecule has 0 heteroatoms. The molecule has 0 aliphatic carbocycles. The summed E-state index contributed by atoms with van der Waals surface area (Å²) in [6.45, 7) is 23.9. The van der Waals surface area contributed by atoms with Gasteiger partial charge in [-0.25, -0.2) is 0 Å². The maximum atomic E-state index is 4.00. The Bertz CT molecular complexity index is 276. The van der Waals surface area contributed by atoms with Crippen molar-refractivity contribution in [3.8, 4) is 24.7 Å². The van der Waals surface area contributed by atoms with Crippen molar-refractivity contribution < 1.29 is 7.13 Å². The van der Waals surface area contributed by atoms with Gasteiger partial charge < -0.3 is 0 Å². The summed E-state index contributed by atoms with van der Waals surface area (Å²) in [5.74, 6) is 5.36. The second kappa shape index (κ2) is 97.7. The average Bonchev–Trinajstić information content (AvgIpc) is 2.63. The van der Waals surface area contributed by atoms with Crippen molar-refractivity contribution in [2.75, 3.05) is 0 Å². The van der Waals surface area contributed by atoms with Crippen LogP contribution in [-0.4, -0.2) is 0 Å². The Labute approximate surface area is 149 Å². The lowest BCUT2D eigenvalue weighted by Crippen LogP contribution is -1.36. The highest BCUT2D eigenvalue weighted by molar-refractivity contribution is 4.89. The normalized spacial score (nSPS) is 6.23. The second-order valence-electron chi connectivity index (χ2n) is 3.00. The van der Waals surface area contributed by atoms with Crippen molar-refractivity contribution in [3.63, 3.8) is 0 Å². The Kier molecular flexibility index (Phi) is 163. The van der Waals surface area contributed by atoms with E-state index in [0.29, 0.717) is 0 Å². The molecule has 0 aromatic heterocycles. The minimum Gasteiger partial charge on any atom is -0.124 e. The fourth-order valence-corrected chi connectivity index (χ4v) is 0. The van der Waals surface area contributed by atoms with E-state index in [4.69, 9.17) is 0 Å². The fraction of sp³-hybridized carbons (Fsp3) is 0.364. The van der Waals surface area contributed by atoms with Crippen molar-refractivity contribution >= 4 is 0 Å². The van der Waals surface area contributed by atoms with Crippen LogP contribution in [0.15, 0.2) is 62.3 Å². The molecule has 0 saturated carbocycles. The molecule has 0 heterocycles. The summed E-state index contributed by atoms with van der Waals surface area (Å²) in [4.78, 5) is 0. The highest BCUT2D eigenvalue weighted by Gasteiger charge is 1.45. The Morgan fingerprint density at radius 1 is 0.818 bits per heavy atom. The van der Waals surface area contributed by atoms with E-state index >= 15 is 0 Å². The van der Waals surface area contributed by atoms with Gasteiger partial charge in [0, 0.05) is 2.85 Å². The molecule has 0 saturated heterocycles. The first-order chi connectivity index (χ1) is 10.6. The van der Waals surface area contributed by atoms with Crippen LogP contribution in [0.4, 0.5) is 0 Å². The molecule has 0 atom stereocenters. The maximum absolute atomic E-state index is 4.00. The van der Waals surface area contributed by atoms with Crippen molar-refractivity contribution in [2.45, 2.75) is 54.9 Å². The summed E-state index contributed by atoms with van der Waals surface area (Å²) in [7, 11) is 0. The molecule has 0 fully saturated rings. The second-order valence-corrected chi connectivity index (χ2v) is 3.00. The summed E-state index contributed by atoms with van der Waals surface area (Å²) in [5.41, 5.74) is 0. The van der Waals surface area contributed by atoms with E-state index in [1.807, 2.05) is 71.9 Å². The van der Waals surface area contributed by atoms with Crippen LogP contribution in [0.3, 0.4) is 0 Å². The lowest BCUT2D eigenvalue weighted by Gasteiger charge is -1.57. The molecule has 0 amide bonds. The molecule has 0 bridgehead atoms. The van der Waals surface area contributed by atoms with Crippen LogP contribution in [0, 0.1) is 24.7 Å². The summed E-state index contributed by atoms with van der Waals surface area (Å²) < 4.78 is 0. The van der Waals surface area contributed by atoms with Gasteiger partial charge >= 0.3 is 4.28 Å². The van der Waals surface area contributed by atoms with E-state index in [9.17, 15) is 0 Å². The molecule has 0 N–H and O–H groups in total. The quantitative estimate of drug-likeness (QED) is 0.274. The molecule has 22 heavy (non-hydrogen) atoms. The number of terminal acetylenes is 1. The van der Waals surface area contributed by atoms with Gasteiger partial charge in [0.15, 0.2) is 0 Å². The predicted molar refractivity (Wildman–Crippen MR) is 118 cm³/mol. The number of hydrogen-bond donors (Lipinski definition) is 0. The Balaban J connectivity index is -0.0000000123. The highest BCUT2D eigenvalue weighted by atomic mass is 13.5. The standard InChI is InChI=1S/3C4H8.2C4H6.C2H2.2H2/c5*1-3-4-2;1-2;;/h2*3-4H,1-2H3;3H,1,4H2,2H3;1-2H3;3-4H,1-2H2;1-2H;2*1H/p+3/b4-3+;4-3-;;;;;;. The smallest absolute Gasteiger partial charge is 0.124 e. The highest BCUT2D eigenvalue weighted by Crippen LogP contribution is 1.66. The summed E-state index contributed by atoms with van der Waals surface area (Å²) >= 11 is 0. The molecule has 0 aromatic carbocycles. The zero-order chi connectivity index (χ0) is 19.1. The molecule has 130 valence electrons. The van der Waals surface area contributed by atoms with E-state index in [1.165, 1.54) is 0 Å². The van der Waals surface area contributed by atoms with Gasteiger partial charge in [-0.15, -0.1) is 31.3 Å². The molecule has 0 aromatic rings. The molecule has 0 aliphatic heterocycles. The molecular weight excluding hydrogens is 264 g/mol. The number of allylic oxidation sites excluding steroid dienone is 7. The molecule has 0 unspecified atom stereocenters. The predicted octanol–water partition coefficient (Wildman–Crippen LogP) is 8.21. The topological polar surface area (TPSA) is 0 Å². The first-order valence-corrected chi connectivity index (χ1v) is 7.23. The van der Waals surface area contributed by atoms with Crippen LogP contribution in [0.1, 0.15) is 62.0 Å². The number of hydrogen-bond acceptors (Lipinski definition) is 0. The average molecular weight is 310 g/mol. The molecule has 0 rings (SSSR count). The van der Waals surface area contributed by atoms with E-state index in [0.717, 1.165) is 6.42 Å². The first-order valence-electron chi connectivity index (χ1n) is 7.23. The van der Waals surface area contributed by atoms with Gasteiger partial charge in [0.05, 0.1) is 0 Å². The van der Waals surface area contributed by atoms with E-state index in [1.54, 1.807) is 12.2 Å². The third kappa shape index (κ3) is 634. The fourth-order valence-electron chi connectivity index (χ4n) is 0. The molecule has 0 radical (unpaired) electrons. The van der Waals surface area contributed by atoms with Crippen molar-refractivity contribution in [1.82, 2.24) is 0 Å². The van der Waals surface area contributed by atoms with Crippen LogP contribution >= 0.6 is 0 Å². The summed E-state index contributed by atoms with van der Waals surface area (Å²) in [5, 5.41) is 0. The van der Waals surface area contributed by atoms with Crippen molar-refractivity contribution in [1.29, 1.82) is 0 Å². The van der Waals surface area contributed by atoms with Gasteiger partial charge in [0.1, 0.15) is 0 Å². The van der Waals surface area contributed by atoms with Gasteiger partial charge in [-0.3, -0.25) is 0 Å². The SMILES string of the molecule is C#C.C/C=C/C.C/C=C\C.C=CC=C.C=CCC.CC#CC.[H+].[H+].[H+].[HH].[HH]. The van der Waals surface area contributed by atoms with Gasteiger partial charge in [0.25, 0.3) is 0 Å². The van der Waals surface area contributed by atoms with Gasteiger partial charge in [-0.05, 0) is 48.0 Å². The Morgan fingerprint density at radius 2 is 1.00 bits per heavy atom. The lowest BCUT2D eigenvalue weighted by molar-refractivity contribution is 1.23. The number of rotatable bonds is 2. The molecule has 0 nitrogen and oxygen atoms in total. The summed E-state index contributed by atoms with van der Waals surface area (Å²) in [6, 6.07) is 0. The zero-order valence-electron chi connectivity index (χ0n) is 19.0. The largest absolute Gasteiger partial charge is 1.00 e. The zero-order valence-corrected chi connectivity index (χ0v) is 16.0. The Hall–Kier alpha value is -2.18. The van der Waals surface area contributed by atoms with E-state index < -0.39 is 0 Å². The third-order valence-electron chi connectivity index (χ3n) is 1.37. The third-order valence-corrected chi connectivity index (χ3v) is 1.37. The minimum absolute atomic E-state index is 0. The minimum atomic E-state index is 0. The maximum Gasteiger partial charge on any atom is 1.00 e. The van der Waals surface area contributed by atoms with Gasteiger partial charge in [-0.1, -0.05) is 62.6 Å². The van der Waals surface area contributed by atoms with Crippen molar-refractivity contribution in [2.24, 2.45) is 0 Å². The van der Waals surface area contributed by atoms with Crippen LogP contribution in [0.2, 0.25) is 0 Å². The first kappa shape index (κ1) is 36.8. The van der Waals surface area contributed by atoms with Crippen molar-refractivity contribution in [3.05, 3.63) is 62.3 Å². The Morgan fingerprint density at radius 3 is 1.00 bits per heavy atom. The van der Waals surface area contributed by atoms with Crippen LogP contribution in [0.25, 0.3) is 0 Å². The molecule has 0 aliphatic rings. The summed E-state index contributed by atoms with van der Waals surface area (Å²) in [6.07, 6.45) is 22.2. The van der Waals surface area contributed by atoms with E-state index in [2.05, 4.69) is 51.3 Å². The molecular formula is C22H45+3.